The molecule has 1 amide bonds. The topological polar surface area (TPSA) is 96.3 Å². The van der Waals surface area contributed by atoms with Crippen LogP contribution in [0.25, 0.3) is 0 Å². The molecule has 0 spiro atoms. The van der Waals surface area contributed by atoms with E-state index in [1.165, 1.54) is 7.11 Å². The van der Waals surface area contributed by atoms with Gasteiger partial charge in [0, 0.05) is 7.11 Å². The summed E-state index contributed by atoms with van der Waals surface area (Å²) in [5.74, 6) is -0.735. The third-order valence-corrected chi connectivity index (χ3v) is 2.37. The second kappa shape index (κ2) is 4.45. The third-order valence-electron chi connectivity index (χ3n) is 2.37. The molecule has 0 saturated carbocycles. The molecule has 3 unspecified atom stereocenters. The fourth-order valence-corrected chi connectivity index (χ4v) is 1.67. The van der Waals surface area contributed by atoms with Gasteiger partial charge in [0.05, 0.1) is 13.7 Å². The van der Waals surface area contributed by atoms with E-state index >= 15 is 0 Å². The van der Waals surface area contributed by atoms with Gasteiger partial charge in [0.25, 0.3) is 0 Å². The van der Waals surface area contributed by atoms with Crippen LogP contribution in [0, 0.1) is 0 Å². The molecule has 0 radical (unpaired) electrons. The number of carbonyl (C=O) groups is 2. The Kier molecular flexibility index (Phi) is 3.48. The van der Waals surface area contributed by atoms with Crippen LogP contribution in [-0.4, -0.2) is 66.2 Å². The van der Waals surface area contributed by atoms with Crippen molar-refractivity contribution in [1.29, 1.82) is 0 Å². The van der Waals surface area contributed by atoms with Gasteiger partial charge in [0.1, 0.15) is 12.2 Å². The Balaban J connectivity index is 2.91. The van der Waals surface area contributed by atoms with E-state index in [0.29, 0.717) is 0 Å². The van der Waals surface area contributed by atoms with Gasteiger partial charge in [0.2, 0.25) is 0 Å². The number of methoxy groups -OCH3 is 2. The van der Waals surface area contributed by atoms with E-state index in [-0.39, 0.29) is 6.54 Å². The molecule has 1 saturated heterocycles. The normalized spacial score (nSPS) is 30.3. The lowest BCUT2D eigenvalue weighted by atomic mass is 10.1. The van der Waals surface area contributed by atoms with Gasteiger partial charge in [-0.3, -0.25) is 4.90 Å². The zero-order valence-corrected chi connectivity index (χ0v) is 8.41. The molecule has 0 aromatic carbocycles. The summed E-state index contributed by atoms with van der Waals surface area (Å²) in [4.78, 5) is 22.9. The van der Waals surface area contributed by atoms with Crippen LogP contribution in [0.4, 0.5) is 4.79 Å². The Bertz CT molecular complexity index is 268. The van der Waals surface area contributed by atoms with Crippen LogP contribution >= 0.6 is 0 Å². The van der Waals surface area contributed by atoms with Gasteiger partial charge in [-0.25, -0.2) is 9.59 Å². The maximum atomic E-state index is 11.3. The first-order valence-corrected chi connectivity index (χ1v) is 4.31. The summed E-state index contributed by atoms with van der Waals surface area (Å²) in [6.07, 6.45) is -3.19. The first-order valence-electron chi connectivity index (χ1n) is 4.31. The van der Waals surface area contributed by atoms with Crippen LogP contribution in [0.15, 0.2) is 0 Å². The number of aliphatic hydroxyl groups is 1. The molecule has 0 bridgehead atoms. The Morgan fingerprint density at radius 1 is 1.40 bits per heavy atom. The predicted octanol–water partition coefficient (Wildman–Crippen LogP) is -1.10. The number of esters is 1. The van der Waals surface area contributed by atoms with Crippen molar-refractivity contribution in [3.05, 3.63) is 0 Å². The van der Waals surface area contributed by atoms with E-state index in [2.05, 4.69) is 4.74 Å². The number of hydrogen-bond donors (Lipinski definition) is 2. The van der Waals surface area contributed by atoms with Crippen molar-refractivity contribution in [2.45, 2.75) is 18.2 Å². The lowest BCUT2D eigenvalue weighted by Crippen LogP contribution is -2.46. The number of likely N-dealkylation sites (tertiary alicyclic amines) is 1. The highest BCUT2D eigenvalue weighted by molar-refractivity contribution is 5.82. The smallest absolute Gasteiger partial charge is 0.408 e. The largest absolute Gasteiger partial charge is 0.467 e. The molecule has 0 aromatic rings. The van der Waals surface area contributed by atoms with Gasteiger partial charge in [-0.1, -0.05) is 0 Å². The predicted molar refractivity (Wildman–Crippen MR) is 47.3 cm³/mol. The molecule has 1 aliphatic rings. The monoisotopic (exact) mass is 219 g/mol. The minimum Gasteiger partial charge on any atom is -0.467 e. The zero-order chi connectivity index (χ0) is 11.6. The first-order chi connectivity index (χ1) is 7.02. The molecule has 1 fully saturated rings. The fraction of sp³-hybridized carbons (Fsp3) is 0.750. The maximum Gasteiger partial charge on any atom is 0.408 e. The summed E-state index contributed by atoms with van der Waals surface area (Å²) >= 11 is 0. The number of β-amino-alcohol motifs (C(OH)–C–C–N with tert-alkyl or cyclic N) is 1. The van der Waals surface area contributed by atoms with Gasteiger partial charge in [-0.2, -0.15) is 0 Å². The molecular formula is C8H13NO6. The summed E-state index contributed by atoms with van der Waals surface area (Å²) in [6.45, 7) is -0.159. The fourth-order valence-electron chi connectivity index (χ4n) is 1.67. The number of carboxylic acid groups (broad SMARTS) is 1. The number of aliphatic hydroxyl groups excluding tert-OH is 1. The van der Waals surface area contributed by atoms with Crippen molar-refractivity contribution in [2.24, 2.45) is 0 Å². The number of ether oxygens (including phenoxy) is 2. The quantitative estimate of drug-likeness (QED) is 0.572. The van der Waals surface area contributed by atoms with Crippen molar-refractivity contribution in [1.82, 2.24) is 4.90 Å². The molecule has 2 N–H and O–H groups in total. The molecule has 0 aromatic heterocycles. The molecule has 7 heteroatoms. The molecule has 1 heterocycles. The van der Waals surface area contributed by atoms with Crippen LogP contribution in [0.2, 0.25) is 0 Å². The van der Waals surface area contributed by atoms with E-state index in [1.807, 2.05) is 0 Å². The third kappa shape index (κ3) is 2.02. The van der Waals surface area contributed by atoms with E-state index < -0.39 is 30.3 Å². The van der Waals surface area contributed by atoms with Gasteiger partial charge in [0.15, 0.2) is 6.04 Å². The van der Waals surface area contributed by atoms with Gasteiger partial charge in [-0.15, -0.1) is 0 Å². The van der Waals surface area contributed by atoms with Gasteiger partial charge >= 0.3 is 12.1 Å². The zero-order valence-electron chi connectivity index (χ0n) is 8.41. The summed E-state index contributed by atoms with van der Waals surface area (Å²) in [6, 6.07) is -1.10. The summed E-state index contributed by atoms with van der Waals surface area (Å²) in [7, 11) is 2.45. The molecular weight excluding hydrogens is 206 g/mol. The number of amides is 1. The van der Waals surface area contributed by atoms with Crippen molar-refractivity contribution in [2.75, 3.05) is 20.8 Å². The molecule has 1 aliphatic heterocycles. The van der Waals surface area contributed by atoms with Crippen molar-refractivity contribution < 1.29 is 29.3 Å². The van der Waals surface area contributed by atoms with E-state index in [1.54, 1.807) is 0 Å². The average molecular weight is 219 g/mol. The minimum absolute atomic E-state index is 0.159. The molecule has 7 nitrogen and oxygen atoms in total. The second-order valence-electron chi connectivity index (χ2n) is 3.17. The Hall–Kier alpha value is -1.34. The number of rotatable bonds is 2. The average Bonchev–Trinajstić information content (AvgIpc) is 2.54. The van der Waals surface area contributed by atoms with Gasteiger partial charge in [-0.05, 0) is 0 Å². The molecule has 3 atom stereocenters. The van der Waals surface area contributed by atoms with Crippen molar-refractivity contribution in [3.8, 4) is 0 Å². The number of nitrogens with zero attached hydrogens (tertiary/aromatic N) is 1. The summed E-state index contributed by atoms with van der Waals surface area (Å²) < 4.78 is 9.34. The first kappa shape index (κ1) is 11.7. The Morgan fingerprint density at radius 2 is 2.00 bits per heavy atom. The Morgan fingerprint density at radius 3 is 2.40 bits per heavy atom. The van der Waals surface area contributed by atoms with Crippen molar-refractivity contribution in [3.63, 3.8) is 0 Å². The summed E-state index contributed by atoms with van der Waals surface area (Å²) in [5.41, 5.74) is 0. The standard InChI is InChI=1S/C8H13NO6/c1-14-6-4(10)3-9(8(12)13)5(6)7(11)15-2/h4-6,10H,3H2,1-2H3,(H,12,13). The Labute approximate surface area is 86.2 Å². The van der Waals surface area contributed by atoms with E-state index in [9.17, 15) is 14.7 Å². The van der Waals surface area contributed by atoms with Gasteiger partial charge < -0.3 is 19.7 Å². The van der Waals surface area contributed by atoms with E-state index in [0.717, 1.165) is 12.0 Å². The van der Waals surface area contributed by atoms with Crippen LogP contribution in [0.3, 0.4) is 0 Å². The van der Waals surface area contributed by atoms with Crippen LogP contribution in [-0.2, 0) is 14.3 Å². The highest BCUT2D eigenvalue weighted by Crippen LogP contribution is 2.22. The minimum atomic E-state index is -1.29. The van der Waals surface area contributed by atoms with Crippen LogP contribution in [0.5, 0.6) is 0 Å². The molecule has 86 valence electrons. The highest BCUT2D eigenvalue weighted by Gasteiger charge is 2.48. The molecule has 15 heavy (non-hydrogen) atoms. The second-order valence-corrected chi connectivity index (χ2v) is 3.17. The summed E-state index contributed by atoms with van der Waals surface area (Å²) in [5, 5.41) is 18.3. The van der Waals surface area contributed by atoms with Crippen LogP contribution in [0.1, 0.15) is 0 Å². The number of carbonyl (C=O) groups excluding carboxylic acids is 1. The van der Waals surface area contributed by atoms with Crippen molar-refractivity contribution >= 4 is 12.1 Å². The lowest BCUT2D eigenvalue weighted by Gasteiger charge is -2.22. The highest BCUT2D eigenvalue weighted by atomic mass is 16.5. The number of hydrogen-bond acceptors (Lipinski definition) is 5. The van der Waals surface area contributed by atoms with E-state index in [4.69, 9.17) is 9.84 Å². The SMILES string of the molecule is COC(=O)C1C(OC)C(O)CN1C(=O)O. The molecule has 1 rings (SSSR count). The maximum absolute atomic E-state index is 11.3. The van der Waals surface area contributed by atoms with Crippen LogP contribution < -0.4 is 0 Å². The lowest BCUT2D eigenvalue weighted by molar-refractivity contribution is -0.149. The molecule has 0 aliphatic carbocycles.